The molecule has 0 amide bonds. The van der Waals surface area contributed by atoms with E-state index in [4.69, 9.17) is 10.8 Å². The highest BCUT2D eigenvalue weighted by Crippen LogP contribution is 2.60. The number of rotatable bonds is 7. The standard InChI is InChI=1S/C17H27NOSi/c1-5-17(15-10-11-15,16(14-18)12-9-13-16)19-20(6-2,7-3)8-4/h1,15H,6-13H2,2-4H3/t17-/m0/s1. The van der Waals surface area contributed by atoms with Crippen molar-refractivity contribution in [1.82, 2.24) is 0 Å². The SMILES string of the molecule is C#C[C@](O[Si](CC)(CC)CC)(C1CC1)C1(C#N)CCC1. The van der Waals surface area contributed by atoms with Crippen LogP contribution in [-0.2, 0) is 4.43 Å². The molecular weight excluding hydrogens is 262 g/mol. The first kappa shape index (κ1) is 15.6. The molecule has 3 heteroatoms. The van der Waals surface area contributed by atoms with E-state index < -0.39 is 19.3 Å². The molecule has 2 aliphatic rings. The van der Waals surface area contributed by atoms with Crippen LogP contribution in [0.25, 0.3) is 0 Å². The smallest absolute Gasteiger partial charge is 0.194 e. The van der Waals surface area contributed by atoms with Gasteiger partial charge in [0.05, 0.1) is 11.5 Å². The zero-order valence-corrected chi connectivity index (χ0v) is 14.2. The lowest BCUT2D eigenvalue weighted by molar-refractivity contribution is -0.0519. The van der Waals surface area contributed by atoms with Crippen molar-refractivity contribution in [2.75, 3.05) is 0 Å². The maximum atomic E-state index is 9.78. The normalized spacial score (nSPS) is 24.1. The van der Waals surface area contributed by atoms with Crippen LogP contribution in [0.1, 0.15) is 52.9 Å². The molecule has 0 unspecified atom stereocenters. The van der Waals surface area contributed by atoms with Gasteiger partial charge in [0.15, 0.2) is 8.32 Å². The van der Waals surface area contributed by atoms with E-state index in [-0.39, 0.29) is 0 Å². The van der Waals surface area contributed by atoms with Gasteiger partial charge in [0, 0.05) is 0 Å². The predicted molar refractivity (Wildman–Crippen MR) is 84.5 cm³/mol. The first-order valence-electron chi connectivity index (χ1n) is 8.16. The zero-order valence-electron chi connectivity index (χ0n) is 13.2. The topological polar surface area (TPSA) is 33.0 Å². The van der Waals surface area contributed by atoms with Crippen LogP contribution in [0, 0.1) is 35.0 Å². The second kappa shape index (κ2) is 5.55. The average molecular weight is 289 g/mol. The molecule has 110 valence electrons. The van der Waals surface area contributed by atoms with Crippen molar-refractivity contribution in [2.45, 2.75) is 76.6 Å². The third-order valence-electron chi connectivity index (χ3n) is 5.81. The molecule has 0 aromatic rings. The van der Waals surface area contributed by atoms with Gasteiger partial charge in [-0.15, -0.1) is 6.42 Å². The second-order valence-electron chi connectivity index (χ2n) is 6.55. The zero-order chi connectivity index (χ0) is 14.9. The van der Waals surface area contributed by atoms with E-state index in [0.29, 0.717) is 5.92 Å². The molecule has 2 aliphatic carbocycles. The third kappa shape index (κ3) is 2.12. The summed E-state index contributed by atoms with van der Waals surface area (Å²) < 4.78 is 6.82. The largest absolute Gasteiger partial charge is 0.399 e. The summed E-state index contributed by atoms with van der Waals surface area (Å²) in [5.41, 5.74) is -0.991. The van der Waals surface area contributed by atoms with Gasteiger partial charge in [0.25, 0.3) is 0 Å². The quantitative estimate of drug-likeness (QED) is 0.511. The minimum atomic E-state index is -1.80. The van der Waals surface area contributed by atoms with Crippen molar-refractivity contribution in [3.05, 3.63) is 0 Å². The van der Waals surface area contributed by atoms with Crippen LogP contribution >= 0.6 is 0 Å². The highest BCUT2D eigenvalue weighted by atomic mass is 28.4. The average Bonchev–Trinajstić information content (AvgIpc) is 3.27. The molecule has 2 saturated carbocycles. The van der Waals surface area contributed by atoms with Gasteiger partial charge in [-0.25, -0.2) is 0 Å². The van der Waals surface area contributed by atoms with Crippen LogP contribution in [0.5, 0.6) is 0 Å². The molecule has 0 N–H and O–H groups in total. The fraction of sp³-hybridized carbons (Fsp3) is 0.824. The van der Waals surface area contributed by atoms with Crippen LogP contribution in [0.4, 0.5) is 0 Å². The van der Waals surface area contributed by atoms with Gasteiger partial charge in [-0.3, -0.25) is 0 Å². The van der Waals surface area contributed by atoms with Crippen molar-refractivity contribution >= 4 is 8.32 Å². The molecule has 0 aromatic heterocycles. The molecule has 2 nitrogen and oxygen atoms in total. The molecule has 0 radical (unpaired) electrons. The Balaban J connectivity index is 2.39. The Labute approximate surface area is 125 Å². The number of nitrogens with zero attached hydrogens (tertiary/aromatic N) is 1. The van der Waals surface area contributed by atoms with Gasteiger partial charge in [-0.05, 0) is 56.2 Å². The summed E-state index contributed by atoms with van der Waals surface area (Å²) in [5, 5.41) is 9.78. The van der Waals surface area contributed by atoms with Crippen molar-refractivity contribution in [1.29, 1.82) is 5.26 Å². The lowest BCUT2D eigenvalue weighted by atomic mass is 9.58. The van der Waals surface area contributed by atoms with Gasteiger partial charge >= 0.3 is 0 Å². The third-order valence-corrected chi connectivity index (χ3v) is 10.4. The van der Waals surface area contributed by atoms with Crippen molar-refractivity contribution in [3.63, 3.8) is 0 Å². The van der Waals surface area contributed by atoms with Gasteiger partial charge in [0.2, 0.25) is 0 Å². The van der Waals surface area contributed by atoms with Crippen LogP contribution < -0.4 is 0 Å². The summed E-state index contributed by atoms with van der Waals surface area (Å²) in [6.07, 6.45) is 11.2. The Morgan fingerprint density at radius 1 is 1.25 bits per heavy atom. The summed E-state index contributed by atoms with van der Waals surface area (Å²) in [5.74, 6) is 3.44. The van der Waals surface area contributed by atoms with Crippen molar-refractivity contribution in [3.8, 4) is 18.4 Å². The Morgan fingerprint density at radius 2 is 1.80 bits per heavy atom. The highest BCUT2D eigenvalue weighted by molar-refractivity contribution is 6.73. The maximum absolute atomic E-state index is 9.78. The molecule has 2 rings (SSSR count). The van der Waals surface area contributed by atoms with Crippen molar-refractivity contribution in [2.24, 2.45) is 11.3 Å². The summed E-state index contributed by atoms with van der Waals surface area (Å²) in [6.45, 7) is 6.69. The Morgan fingerprint density at radius 3 is 2.05 bits per heavy atom. The van der Waals surface area contributed by atoms with E-state index in [1.54, 1.807) is 0 Å². The van der Waals surface area contributed by atoms with Gasteiger partial charge in [-0.2, -0.15) is 5.26 Å². The number of hydrogen-bond acceptors (Lipinski definition) is 2. The summed E-state index contributed by atoms with van der Waals surface area (Å²) in [4.78, 5) is 0. The van der Waals surface area contributed by atoms with E-state index in [2.05, 4.69) is 32.8 Å². The number of nitriles is 1. The fourth-order valence-corrected chi connectivity index (χ4v) is 6.79. The minimum absolute atomic E-state index is 0.402. The molecule has 20 heavy (non-hydrogen) atoms. The van der Waals surface area contributed by atoms with Crippen LogP contribution in [0.2, 0.25) is 18.1 Å². The van der Waals surface area contributed by atoms with Crippen LogP contribution in [0.15, 0.2) is 0 Å². The molecule has 0 heterocycles. The Kier molecular flexibility index (Phi) is 4.33. The second-order valence-corrected chi connectivity index (χ2v) is 11.2. The lowest BCUT2D eigenvalue weighted by Crippen LogP contribution is -2.59. The molecule has 1 atom stereocenters. The van der Waals surface area contributed by atoms with Gasteiger partial charge in [0.1, 0.15) is 5.60 Å². The van der Waals surface area contributed by atoms with E-state index in [1.165, 1.54) is 0 Å². The molecule has 0 saturated heterocycles. The molecule has 0 bridgehead atoms. The predicted octanol–water partition coefficient (Wildman–Crippen LogP) is 4.48. The van der Waals surface area contributed by atoms with Crippen LogP contribution in [-0.4, -0.2) is 13.9 Å². The lowest BCUT2D eigenvalue weighted by Gasteiger charge is -2.52. The monoisotopic (exact) mass is 289 g/mol. The maximum Gasteiger partial charge on any atom is 0.194 e. The molecular formula is C17H27NOSi. The molecule has 0 aromatic carbocycles. The Hall–Kier alpha value is -0.773. The van der Waals surface area contributed by atoms with E-state index >= 15 is 0 Å². The van der Waals surface area contributed by atoms with Gasteiger partial charge < -0.3 is 4.43 Å². The molecule has 0 spiro atoms. The van der Waals surface area contributed by atoms with E-state index in [0.717, 1.165) is 50.2 Å². The van der Waals surface area contributed by atoms with Crippen molar-refractivity contribution < 1.29 is 4.43 Å². The van der Waals surface area contributed by atoms with Gasteiger partial charge in [-0.1, -0.05) is 26.7 Å². The summed E-state index contributed by atoms with van der Waals surface area (Å²) in [7, 11) is -1.80. The Bertz CT molecular complexity index is 427. The first-order valence-corrected chi connectivity index (χ1v) is 10.7. The molecule has 2 fully saturated rings. The van der Waals surface area contributed by atoms with E-state index in [1.807, 2.05) is 0 Å². The summed E-state index contributed by atoms with van der Waals surface area (Å²) in [6, 6.07) is 5.86. The summed E-state index contributed by atoms with van der Waals surface area (Å²) >= 11 is 0. The first-order chi connectivity index (χ1) is 9.57. The van der Waals surface area contributed by atoms with E-state index in [9.17, 15) is 5.26 Å². The highest BCUT2D eigenvalue weighted by Gasteiger charge is 2.64. The minimum Gasteiger partial charge on any atom is -0.399 e. The van der Waals surface area contributed by atoms with Crippen LogP contribution in [0.3, 0.4) is 0 Å². The fourth-order valence-electron chi connectivity index (χ4n) is 3.75. The number of hydrogen-bond donors (Lipinski definition) is 0. The molecule has 0 aliphatic heterocycles. The number of terminal acetylenes is 1.